The Morgan fingerprint density at radius 2 is 2.24 bits per heavy atom. The van der Waals surface area contributed by atoms with E-state index in [1.54, 1.807) is 19.1 Å². The van der Waals surface area contributed by atoms with Gasteiger partial charge in [0.25, 0.3) is 0 Å². The second-order valence-electron chi connectivity index (χ2n) is 3.55. The van der Waals surface area contributed by atoms with Crippen LogP contribution >= 0.6 is 0 Å². The quantitative estimate of drug-likeness (QED) is 0.316. The average molecular weight is 237 g/mol. The van der Waals surface area contributed by atoms with Gasteiger partial charge in [0, 0.05) is 12.5 Å². The first-order valence-corrected chi connectivity index (χ1v) is 5.52. The molecule has 0 aromatic heterocycles. The minimum Gasteiger partial charge on any atom is -0.487 e. The molecule has 1 aromatic carbocycles. The van der Waals surface area contributed by atoms with Crippen LogP contribution in [0.1, 0.15) is 25.3 Å². The molecule has 0 radical (unpaired) electrons. The summed E-state index contributed by atoms with van der Waals surface area (Å²) in [6, 6.07) is 4.91. The second kappa shape index (κ2) is 6.62. The Bertz CT molecular complexity index is 403. The molecular formula is C12H15NO4. The summed E-state index contributed by atoms with van der Waals surface area (Å²) in [5.74, 6) is 0.289. The highest BCUT2D eigenvalue weighted by molar-refractivity contribution is 5.50. The van der Waals surface area contributed by atoms with E-state index in [2.05, 4.69) is 0 Å². The molecule has 0 heterocycles. The summed E-state index contributed by atoms with van der Waals surface area (Å²) in [4.78, 5) is 20.6. The highest BCUT2D eigenvalue weighted by atomic mass is 16.6. The number of nitro groups is 1. The third-order valence-electron chi connectivity index (χ3n) is 2.31. The van der Waals surface area contributed by atoms with Crippen molar-refractivity contribution >= 4 is 12.0 Å². The van der Waals surface area contributed by atoms with Gasteiger partial charge >= 0.3 is 5.69 Å². The van der Waals surface area contributed by atoms with Crippen molar-refractivity contribution in [3.63, 3.8) is 0 Å². The largest absolute Gasteiger partial charge is 0.487 e. The molecule has 0 aliphatic carbocycles. The van der Waals surface area contributed by atoms with Crippen LogP contribution in [0.2, 0.25) is 0 Å². The number of aldehydes is 1. The first-order valence-electron chi connectivity index (χ1n) is 5.52. The zero-order chi connectivity index (χ0) is 12.7. The zero-order valence-corrected chi connectivity index (χ0v) is 9.72. The van der Waals surface area contributed by atoms with Gasteiger partial charge in [0.15, 0.2) is 5.75 Å². The average Bonchev–Trinajstić information content (AvgIpc) is 2.31. The molecule has 0 spiro atoms. The van der Waals surface area contributed by atoms with E-state index < -0.39 is 4.92 Å². The first-order chi connectivity index (χ1) is 8.19. The monoisotopic (exact) mass is 237 g/mol. The van der Waals surface area contributed by atoms with Gasteiger partial charge in [-0.15, -0.1) is 0 Å². The third kappa shape index (κ3) is 3.86. The normalized spacial score (nSPS) is 9.94. The number of hydrogen-bond donors (Lipinski definition) is 0. The SMILES string of the molecule is CCOc1ccc(CCCC=O)cc1[N+](=O)[O-]. The van der Waals surface area contributed by atoms with Gasteiger partial charge in [0.1, 0.15) is 6.29 Å². The van der Waals surface area contributed by atoms with Crippen molar-refractivity contribution in [1.82, 2.24) is 0 Å². The van der Waals surface area contributed by atoms with Crippen molar-refractivity contribution in [2.75, 3.05) is 6.61 Å². The molecule has 0 fully saturated rings. The Hall–Kier alpha value is -1.91. The summed E-state index contributed by atoms with van der Waals surface area (Å²) in [7, 11) is 0. The zero-order valence-electron chi connectivity index (χ0n) is 9.72. The van der Waals surface area contributed by atoms with Crippen molar-refractivity contribution in [2.24, 2.45) is 0 Å². The maximum atomic E-state index is 10.8. The van der Waals surface area contributed by atoms with Crippen LogP contribution in [0.4, 0.5) is 5.69 Å². The molecule has 1 aromatic rings. The van der Waals surface area contributed by atoms with E-state index in [4.69, 9.17) is 4.74 Å². The minimum atomic E-state index is -0.450. The van der Waals surface area contributed by atoms with Crippen LogP contribution in [0.25, 0.3) is 0 Å². The fraction of sp³-hybridized carbons (Fsp3) is 0.417. The molecule has 0 aliphatic heterocycles. The molecule has 0 unspecified atom stereocenters. The highest BCUT2D eigenvalue weighted by Gasteiger charge is 2.15. The lowest BCUT2D eigenvalue weighted by molar-refractivity contribution is -0.385. The summed E-state index contributed by atoms with van der Waals surface area (Å²) in [5, 5.41) is 10.8. The number of aryl methyl sites for hydroxylation is 1. The van der Waals surface area contributed by atoms with E-state index >= 15 is 0 Å². The number of nitro benzene ring substituents is 1. The van der Waals surface area contributed by atoms with E-state index in [-0.39, 0.29) is 11.4 Å². The molecule has 5 heteroatoms. The molecule has 0 N–H and O–H groups in total. The molecule has 0 bridgehead atoms. The van der Waals surface area contributed by atoms with Gasteiger partial charge < -0.3 is 9.53 Å². The lowest BCUT2D eigenvalue weighted by atomic mass is 10.1. The van der Waals surface area contributed by atoms with E-state index in [0.29, 0.717) is 25.9 Å². The molecule has 0 amide bonds. The maximum absolute atomic E-state index is 10.8. The molecule has 1 rings (SSSR count). The summed E-state index contributed by atoms with van der Waals surface area (Å²) < 4.78 is 5.18. The van der Waals surface area contributed by atoms with Crippen LogP contribution in [0, 0.1) is 10.1 Å². The predicted molar refractivity (Wildman–Crippen MR) is 63.3 cm³/mol. The van der Waals surface area contributed by atoms with E-state index in [0.717, 1.165) is 11.8 Å². The summed E-state index contributed by atoms with van der Waals surface area (Å²) >= 11 is 0. The molecular weight excluding hydrogens is 222 g/mol. The number of unbranched alkanes of at least 4 members (excludes halogenated alkanes) is 1. The summed E-state index contributed by atoms with van der Waals surface area (Å²) in [5.41, 5.74) is 0.831. The predicted octanol–water partition coefficient (Wildman–Crippen LogP) is 2.52. The third-order valence-corrected chi connectivity index (χ3v) is 2.31. The van der Waals surface area contributed by atoms with Gasteiger partial charge in [-0.25, -0.2) is 0 Å². The fourth-order valence-corrected chi connectivity index (χ4v) is 1.53. The smallest absolute Gasteiger partial charge is 0.311 e. The Labute approximate surface area is 99.5 Å². The number of hydrogen-bond acceptors (Lipinski definition) is 4. The van der Waals surface area contributed by atoms with Crippen LogP contribution in [0.3, 0.4) is 0 Å². The van der Waals surface area contributed by atoms with Crippen molar-refractivity contribution in [1.29, 1.82) is 0 Å². The van der Waals surface area contributed by atoms with E-state index in [9.17, 15) is 14.9 Å². The standard InChI is InChI=1S/C12H15NO4/c1-2-17-12-7-6-10(5-3-4-8-14)9-11(12)13(15)16/h6-9H,2-5H2,1H3. The van der Waals surface area contributed by atoms with Gasteiger partial charge in [-0.2, -0.15) is 0 Å². The lowest BCUT2D eigenvalue weighted by Crippen LogP contribution is -1.98. The van der Waals surface area contributed by atoms with Gasteiger partial charge in [0.2, 0.25) is 0 Å². The van der Waals surface area contributed by atoms with Crippen molar-refractivity contribution in [3.05, 3.63) is 33.9 Å². The van der Waals surface area contributed by atoms with Gasteiger partial charge in [0.05, 0.1) is 11.5 Å². The van der Waals surface area contributed by atoms with E-state index in [1.807, 2.05) is 0 Å². The summed E-state index contributed by atoms with van der Waals surface area (Å²) in [6.07, 6.45) is 2.69. The van der Waals surface area contributed by atoms with Crippen LogP contribution in [-0.2, 0) is 11.2 Å². The molecule has 0 aliphatic rings. The Balaban J connectivity index is 2.85. The number of nitrogens with zero attached hydrogens (tertiary/aromatic N) is 1. The van der Waals surface area contributed by atoms with Gasteiger partial charge in [-0.1, -0.05) is 6.07 Å². The molecule has 92 valence electrons. The van der Waals surface area contributed by atoms with Gasteiger partial charge in [-0.05, 0) is 31.4 Å². The van der Waals surface area contributed by atoms with Gasteiger partial charge in [-0.3, -0.25) is 10.1 Å². The molecule has 17 heavy (non-hydrogen) atoms. The van der Waals surface area contributed by atoms with Crippen molar-refractivity contribution < 1.29 is 14.5 Å². The van der Waals surface area contributed by atoms with E-state index in [1.165, 1.54) is 6.07 Å². The minimum absolute atomic E-state index is 0.0181. The number of carbonyl (C=O) groups excluding carboxylic acids is 1. The van der Waals surface area contributed by atoms with Crippen LogP contribution < -0.4 is 4.74 Å². The number of rotatable bonds is 7. The maximum Gasteiger partial charge on any atom is 0.311 e. The first kappa shape index (κ1) is 13.2. The Kier molecular flexibility index (Phi) is 5.13. The summed E-state index contributed by atoms with van der Waals surface area (Å²) in [6.45, 7) is 2.17. The second-order valence-corrected chi connectivity index (χ2v) is 3.55. The Morgan fingerprint density at radius 3 is 2.82 bits per heavy atom. The van der Waals surface area contributed by atoms with Crippen LogP contribution in [0.5, 0.6) is 5.75 Å². The van der Waals surface area contributed by atoms with Crippen molar-refractivity contribution in [3.8, 4) is 5.75 Å². The van der Waals surface area contributed by atoms with Crippen molar-refractivity contribution in [2.45, 2.75) is 26.2 Å². The topological polar surface area (TPSA) is 69.4 Å². The molecule has 0 saturated heterocycles. The Morgan fingerprint density at radius 1 is 1.47 bits per heavy atom. The lowest BCUT2D eigenvalue weighted by Gasteiger charge is -2.06. The van der Waals surface area contributed by atoms with Crippen LogP contribution in [0.15, 0.2) is 18.2 Å². The number of ether oxygens (including phenoxy) is 1. The van der Waals surface area contributed by atoms with Crippen LogP contribution in [-0.4, -0.2) is 17.8 Å². The molecule has 0 saturated carbocycles. The molecule has 0 atom stereocenters. The highest BCUT2D eigenvalue weighted by Crippen LogP contribution is 2.28. The fourth-order valence-electron chi connectivity index (χ4n) is 1.53. The number of carbonyl (C=O) groups is 1. The number of benzene rings is 1. The molecule has 5 nitrogen and oxygen atoms in total.